The van der Waals surface area contributed by atoms with Crippen LogP contribution in [0.5, 0.6) is 0 Å². The van der Waals surface area contributed by atoms with Crippen molar-refractivity contribution in [3.05, 3.63) is 70.8 Å². The minimum atomic E-state index is -0.930. The molecule has 0 aliphatic carbocycles. The molecule has 5 nitrogen and oxygen atoms in total. The van der Waals surface area contributed by atoms with E-state index in [-0.39, 0.29) is 24.4 Å². The number of amides is 2. The van der Waals surface area contributed by atoms with Crippen molar-refractivity contribution in [2.75, 3.05) is 19.6 Å². The van der Waals surface area contributed by atoms with Crippen LogP contribution in [0.15, 0.2) is 42.5 Å². The van der Waals surface area contributed by atoms with Crippen molar-refractivity contribution in [3.8, 4) is 0 Å². The Hall–Kier alpha value is -2.80. The summed E-state index contributed by atoms with van der Waals surface area (Å²) in [6.45, 7) is 3.74. The van der Waals surface area contributed by atoms with E-state index in [4.69, 9.17) is 0 Å². The number of hydrogen-bond acceptors (Lipinski definition) is 3. The van der Waals surface area contributed by atoms with Crippen LogP contribution in [0.3, 0.4) is 0 Å². The Morgan fingerprint density at radius 3 is 2.31 bits per heavy atom. The van der Waals surface area contributed by atoms with Gasteiger partial charge in [0, 0.05) is 32.1 Å². The van der Waals surface area contributed by atoms with Crippen LogP contribution >= 0.6 is 0 Å². The highest BCUT2D eigenvalue weighted by Gasteiger charge is 2.13. The Morgan fingerprint density at radius 2 is 1.62 bits per heavy atom. The summed E-state index contributed by atoms with van der Waals surface area (Å²) in [5.41, 5.74) is 2.01. The first-order valence-corrected chi connectivity index (χ1v) is 9.81. The van der Waals surface area contributed by atoms with Crippen LogP contribution < -0.4 is 10.6 Å². The van der Waals surface area contributed by atoms with Gasteiger partial charge < -0.3 is 10.6 Å². The molecule has 3 rings (SSSR count). The summed E-state index contributed by atoms with van der Waals surface area (Å²) in [6, 6.07) is 10.9. The molecule has 2 aromatic carbocycles. The van der Waals surface area contributed by atoms with Crippen LogP contribution in [0, 0.1) is 11.6 Å². The smallest absolute Gasteiger partial charge is 0.254 e. The topological polar surface area (TPSA) is 61.4 Å². The molecule has 0 unspecified atom stereocenters. The summed E-state index contributed by atoms with van der Waals surface area (Å²) in [7, 11) is 0. The molecule has 0 saturated carbocycles. The van der Waals surface area contributed by atoms with Gasteiger partial charge in [0.2, 0.25) is 5.91 Å². The van der Waals surface area contributed by atoms with E-state index in [0.717, 1.165) is 37.3 Å². The van der Waals surface area contributed by atoms with Crippen molar-refractivity contribution in [1.29, 1.82) is 0 Å². The molecule has 0 aromatic heterocycles. The van der Waals surface area contributed by atoms with E-state index < -0.39 is 17.5 Å². The molecule has 0 radical (unpaired) electrons. The molecule has 0 bridgehead atoms. The fourth-order valence-corrected chi connectivity index (χ4v) is 3.31. The van der Waals surface area contributed by atoms with E-state index in [1.54, 1.807) is 0 Å². The number of nitrogens with zero attached hydrogens (tertiary/aromatic N) is 1. The van der Waals surface area contributed by atoms with Crippen molar-refractivity contribution in [2.45, 2.75) is 32.4 Å². The van der Waals surface area contributed by atoms with E-state index in [9.17, 15) is 18.4 Å². The molecule has 1 heterocycles. The van der Waals surface area contributed by atoms with E-state index in [1.165, 1.54) is 18.4 Å². The van der Waals surface area contributed by atoms with Gasteiger partial charge in [-0.2, -0.15) is 0 Å². The Bertz CT molecular complexity index is 850. The van der Waals surface area contributed by atoms with Gasteiger partial charge in [0.25, 0.3) is 5.91 Å². The maximum absolute atomic E-state index is 13.6. The average Bonchev–Trinajstić information content (AvgIpc) is 3.20. The molecule has 1 aliphatic rings. The monoisotopic (exact) mass is 401 g/mol. The molecule has 2 N–H and O–H groups in total. The zero-order valence-electron chi connectivity index (χ0n) is 16.2. The van der Waals surface area contributed by atoms with Crippen molar-refractivity contribution >= 4 is 11.8 Å². The fraction of sp³-hybridized carbons (Fsp3) is 0.364. The molecular formula is C22H25F2N3O2. The molecule has 1 fully saturated rings. The maximum Gasteiger partial charge on any atom is 0.254 e. The minimum absolute atomic E-state index is 0.0657. The van der Waals surface area contributed by atoms with Crippen LogP contribution in [-0.2, 0) is 17.9 Å². The quantitative estimate of drug-likeness (QED) is 0.715. The van der Waals surface area contributed by atoms with Gasteiger partial charge in [-0.15, -0.1) is 0 Å². The lowest BCUT2D eigenvalue weighted by molar-refractivity contribution is -0.121. The summed E-state index contributed by atoms with van der Waals surface area (Å²) in [5, 5.41) is 5.26. The molecule has 7 heteroatoms. The first-order valence-electron chi connectivity index (χ1n) is 9.81. The SMILES string of the molecule is O=C(CCNC(=O)c1ccc(F)cc1F)NCc1ccc(CN2CCCC2)cc1. The van der Waals surface area contributed by atoms with Crippen LogP contribution in [0.1, 0.15) is 40.7 Å². The highest BCUT2D eigenvalue weighted by molar-refractivity contribution is 5.94. The number of carbonyl (C=O) groups is 2. The normalized spacial score (nSPS) is 14.0. The largest absolute Gasteiger partial charge is 0.352 e. The third-order valence-electron chi connectivity index (χ3n) is 4.93. The number of likely N-dealkylation sites (tertiary alicyclic amines) is 1. The van der Waals surface area contributed by atoms with E-state index >= 15 is 0 Å². The third kappa shape index (κ3) is 6.35. The predicted molar refractivity (Wildman–Crippen MR) is 106 cm³/mol. The molecule has 154 valence electrons. The lowest BCUT2D eigenvalue weighted by atomic mass is 10.1. The van der Waals surface area contributed by atoms with Gasteiger partial charge in [0.05, 0.1) is 5.56 Å². The molecule has 29 heavy (non-hydrogen) atoms. The van der Waals surface area contributed by atoms with Crippen LogP contribution in [0.4, 0.5) is 8.78 Å². The van der Waals surface area contributed by atoms with Crippen molar-refractivity contribution in [3.63, 3.8) is 0 Å². The molecular weight excluding hydrogens is 376 g/mol. The highest BCUT2D eigenvalue weighted by Crippen LogP contribution is 2.13. The maximum atomic E-state index is 13.6. The Kier molecular flexibility index (Phi) is 7.30. The zero-order chi connectivity index (χ0) is 20.6. The fourth-order valence-electron chi connectivity index (χ4n) is 3.31. The van der Waals surface area contributed by atoms with Gasteiger partial charge in [0.15, 0.2) is 0 Å². The van der Waals surface area contributed by atoms with Gasteiger partial charge in [0.1, 0.15) is 11.6 Å². The Labute approximate surface area is 169 Å². The number of halogens is 2. The second-order valence-corrected chi connectivity index (χ2v) is 7.21. The minimum Gasteiger partial charge on any atom is -0.352 e. The number of benzene rings is 2. The standard InChI is InChI=1S/C22H25F2N3O2/c23-18-7-8-19(20(24)13-18)22(29)25-10-9-21(28)26-14-16-3-5-17(6-4-16)15-27-11-1-2-12-27/h3-8,13H,1-2,9-12,14-15H2,(H,25,29)(H,26,28). The first-order chi connectivity index (χ1) is 14.0. The third-order valence-corrected chi connectivity index (χ3v) is 4.93. The van der Waals surface area contributed by atoms with E-state index in [1.807, 2.05) is 12.1 Å². The average molecular weight is 401 g/mol. The molecule has 2 aromatic rings. The number of nitrogens with one attached hydrogen (secondary N) is 2. The Balaban J connectivity index is 1.36. The number of carbonyl (C=O) groups excluding carboxylic acids is 2. The lowest BCUT2D eigenvalue weighted by Gasteiger charge is -2.14. The molecule has 0 atom stereocenters. The second kappa shape index (κ2) is 10.1. The summed E-state index contributed by atoms with van der Waals surface area (Å²) in [6.07, 6.45) is 2.61. The molecule has 1 saturated heterocycles. The van der Waals surface area contributed by atoms with Gasteiger partial charge in [-0.1, -0.05) is 24.3 Å². The van der Waals surface area contributed by atoms with Crippen molar-refractivity contribution in [1.82, 2.24) is 15.5 Å². The van der Waals surface area contributed by atoms with Crippen LogP contribution in [0.25, 0.3) is 0 Å². The molecule has 1 aliphatic heterocycles. The van der Waals surface area contributed by atoms with Gasteiger partial charge in [-0.3, -0.25) is 14.5 Å². The summed E-state index contributed by atoms with van der Waals surface area (Å²) >= 11 is 0. The van der Waals surface area contributed by atoms with E-state index in [0.29, 0.717) is 12.6 Å². The molecule has 2 amide bonds. The second-order valence-electron chi connectivity index (χ2n) is 7.21. The van der Waals surface area contributed by atoms with E-state index in [2.05, 4.69) is 27.7 Å². The van der Waals surface area contributed by atoms with Crippen molar-refractivity contribution in [2.24, 2.45) is 0 Å². The van der Waals surface area contributed by atoms with Gasteiger partial charge >= 0.3 is 0 Å². The van der Waals surface area contributed by atoms with Gasteiger partial charge in [-0.25, -0.2) is 8.78 Å². The predicted octanol–water partition coefficient (Wildman–Crippen LogP) is 3.00. The molecule has 0 spiro atoms. The first kappa shape index (κ1) is 20.9. The number of hydrogen-bond donors (Lipinski definition) is 2. The van der Waals surface area contributed by atoms with Gasteiger partial charge in [-0.05, 0) is 49.2 Å². The number of rotatable bonds is 8. The Morgan fingerprint density at radius 1 is 0.931 bits per heavy atom. The summed E-state index contributed by atoms with van der Waals surface area (Å²) < 4.78 is 26.4. The van der Waals surface area contributed by atoms with Crippen molar-refractivity contribution < 1.29 is 18.4 Å². The summed E-state index contributed by atoms with van der Waals surface area (Å²) in [4.78, 5) is 26.3. The zero-order valence-corrected chi connectivity index (χ0v) is 16.2. The van der Waals surface area contributed by atoms with Crippen LogP contribution in [-0.4, -0.2) is 36.3 Å². The lowest BCUT2D eigenvalue weighted by Crippen LogP contribution is -2.31. The summed E-state index contributed by atoms with van der Waals surface area (Å²) in [5.74, 6) is -2.57. The highest BCUT2D eigenvalue weighted by atomic mass is 19.1. The van der Waals surface area contributed by atoms with Crippen LogP contribution in [0.2, 0.25) is 0 Å².